The quantitative estimate of drug-likeness (QED) is 0.834. The minimum Gasteiger partial charge on any atom is -0.336 e. The molecule has 0 spiro atoms. The highest BCUT2D eigenvalue weighted by Crippen LogP contribution is 2.23. The van der Waals surface area contributed by atoms with Crippen LogP contribution in [0.4, 0.5) is 0 Å². The SMILES string of the molecule is N#CC1CCCCC1NCCn1ccnc1. The summed E-state index contributed by atoms with van der Waals surface area (Å²) in [6.45, 7) is 1.84. The highest BCUT2D eigenvalue weighted by molar-refractivity contribution is 4.94. The Morgan fingerprint density at radius 2 is 2.31 bits per heavy atom. The molecule has 4 heteroatoms. The van der Waals surface area contributed by atoms with Crippen molar-refractivity contribution in [3.05, 3.63) is 18.7 Å². The van der Waals surface area contributed by atoms with E-state index in [2.05, 4.69) is 20.9 Å². The van der Waals surface area contributed by atoms with Gasteiger partial charge in [0.25, 0.3) is 0 Å². The Bertz CT molecular complexity index is 338. The number of hydrogen-bond acceptors (Lipinski definition) is 3. The van der Waals surface area contributed by atoms with Crippen molar-refractivity contribution in [2.24, 2.45) is 5.92 Å². The van der Waals surface area contributed by atoms with E-state index in [4.69, 9.17) is 5.26 Å². The number of nitrogens with zero attached hydrogens (tertiary/aromatic N) is 3. The highest BCUT2D eigenvalue weighted by Gasteiger charge is 2.23. The summed E-state index contributed by atoms with van der Waals surface area (Å²) in [7, 11) is 0. The second-order valence-electron chi connectivity index (χ2n) is 4.38. The number of hydrogen-bond donors (Lipinski definition) is 1. The van der Waals surface area contributed by atoms with Crippen LogP contribution in [-0.4, -0.2) is 22.1 Å². The van der Waals surface area contributed by atoms with Crippen LogP contribution in [0.15, 0.2) is 18.7 Å². The van der Waals surface area contributed by atoms with Gasteiger partial charge in [-0.1, -0.05) is 12.8 Å². The van der Waals surface area contributed by atoms with Crippen molar-refractivity contribution in [3.8, 4) is 6.07 Å². The second-order valence-corrected chi connectivity index (χ2v) is 4.38. The molecule has 0 amide bonds. The topological polar surface area (TPSA) is 53.6 Å². The van der Waals surface area contributed by atoms with E-state index in [1.807, 2.05) is 12.5 Å². The lowest BCUT2D eigenvalue weighted by atomic mass is 9.85. The van der Waals surface area contributed by atoms with Crippen LogP contribution in [0.1, 0.15) is 25.7 Å². The minimum absolute atomic E-state index is 0.205. The summed E-state index contributed by atoms with van der Waals surface area (Å²) in [6.07, 6.45) is 10.2. The molecular weight excluding hydrogens is 200 g/mol. The zero-order valence-corrected chi connectivity index (χ0v) is 9.47. The first-order valence-corrected chi connectivity index (χ1v) is 5.99. The van der Waals surface area contributed by atoms with E-state index in [1.54, 1.807) is 6.20 Å². The standard InChI is InChI=1S/C12H18N4/c13-9-11-3-1-2-4-12(11)15-6-8-16-7-5-14-10-16/h5,7,10-12,15H,1-4,6,8H2. The first-order valence-electron chi connectivity index (χ1n) is 5.99. The third-order valence-electron chi connectivity index (χ3n) is 3.27. The van der Waals surface area contributed by atoms with Crippen LogP contribution in [0.2, 0.25) is 0 Å². The fourth-order valence-electron chi connectivity index (χ4n) is 2.33. The van der Waals surface area contributed by atoms with Gasteiger partial charge in [-0.05, 0) is 12.8 Å². The van der Waals surface area contributed by atoms with Crippen molar-refractivity contribution in [3.63, 3.8) is 0 Å². The molecule has 0 saturated heterocycles. The number of imidazole rings is 1. The van der Waals surface area contributed by atoms with Gasteiger partial charge in [-0.25, -0.2) is 4.98 Å². The van der Waals surface area contributed by atoms with E-state index < -0.39 is 0 Å². The molecule has 1 N–H and O–H groups in total. The molecule has 0 radical (unpaired) electrons. The van der Waals surface area contributed by atoms with E-state index in [0.717, 1.165) is 25.9 Å². The fourth-order valence-corrected chi connectivity index (χ4v) is 2.33. The average molecular weight is 218 g/mol. The highest BCUT2D eigenvalue weighted by atomic mass is 15.0. The van der Waals surface area contributed by atoms with Crippen molar-refractivity contribution >= 4 is 0 Å². The molecule has 1 aliphatic carbocycles. The molecule has 0 bridgehead atoms. The second kappa shape index (κ2) is 5.66. The molecule has 4 nitrogen and oxygen atoms in total. The Kier molecular flexibility index (Phi) is 3.95. The Balaban J connectivity index is 1.74. The molecule has 16 heavy (non-hydrogen) atoms. The third-order valence-corrected chi connectivity index (χ3v) is 3.27. The molecule has 1 saturated carbocycles. The van der Waals surface area contributed by atoms with Crippen LogP contribution in [0.3, 0.4) is 0 Å². The summed E-state index contributed by atoms with van der Waals surface area (Å²) >= 11 is 0. The molecule has 1 heterocycles. The van der Waals surface area contributed by atoms with E-state index in [-0.39, 0.29) is 5.92 Å². The van der Waals surface area contributed by atoms with Crippen LogP contribution < -0.4 is 5.32 Å². The normalized spacial score (nSPS) is 25.2. The first-order chi connectivity index (χ1) is 7.90. The van der Waals surface area contributed by atoms with Crippen molar-refractivity contribution in [1.29, 1.82) is 5.26 Å². The number of aromatic nitrogens is 2. The van der Waals surface area contributed by atoms with E-state index in [9.17, 15) is 0 Å². The summed E-state index contributed by atoms with van der Waals surface area (Å²) in [5, 5.41) is 12.5. The van der Waals surface area contributed by atoms with Crippen LogP contribution in [-0.2, 0) is 6.54 Å². The number of nitrogens with one attached hydrogen (secondary N) is 1. The molecule has 1 aromatic heterocycles. The van der Waals surface area contributed by atoms with Crippen molar-refractivity contribution in [2.45, 2.75) is 38.3 Å². The number of nitriles is 1. The smallest absolute Gasteiger partial charge is 0.0946 e. The predicted molar refractivity (Wildman–Crippen MR) is 61.6 cm³/mol. The molecule has 0 aliphatic heterocycles. The molecule has 2 atom stereocenters. The Hall–Kier alpha value is -1.34. The molecule has 86 valence electrons. The summed E-state index contributed by atoms with van der Waals surface area (Å²) in [4.78, 5) is 4.00. The van der Waals surface area contributed by atoms with Gasteiger partial charge in [0.2, 0.25) is 0 Å². The first kappa shape index (κ1) is 11.2. The molecular formula is C12H18N4. The minimum atomic E-state index is 0.205. The molecule has 0 aromatic carbocycles. The predicted octanol–water partition coefficient (Wildman–Crippen LogP) is 1.56. The summed E-state index contributed by atoms with van der Waals surface area (Å²) in [6, 6.07) is 2.81. The molecule has 1 aromatic rings. The number of rotatable bonds is 4. The summed E-state index contributed by atoms with van der Waals surface area (Å²) in [5.74, 6) is 0.205. The monoisotopic (exact) mass is 218 g/mol. The molecule has 2 rings (SSSR count). The molecule has 2 unspecified atom stereocenters. The lowest BCUT2D eigenvalue weighted by molar-refractivity contribution is 0.309. The van der Waals surface area contributed by atoms with Crippen molar-refractivity contribution in [2.75, 3.05) is 6.54 Å². The van der Waals surface area contributed by atoms with Crippen molar-refractivity contribution in [1.82, 2.24) is 14.9 Å². The zero-order valence-electron chi connectivity index (χ0n) is 9.47. The largest absolute Gasteiger partial charge is 0.336 e. The summed E-state index contributed by atoms with van der Waals surface area (Å²) < 4.78 is 2.05. The average Bonchev–Trinajstić information content (AvgIpc) is 2.83. The van der Waals surface area contributed by atoms with Crippen LogP contribution in [0, 0.1) is 17.2 Å². The maximum absolute atomic E-state index is 9.04. The van der Waals surface area contributed by atoms with Crippen molar-refractivity contribution < 1.29 is 0 Å². The van der Waals surface area contributed by atoms with Gasteiger partial charge in [0.15, 0.2) is 0 Å². The third kappa shape index (κ3) is 2.83. The lowest BCUT2D eigenvalue weighted by Crippen LogP contribution is -2.39. The van der Waals surface area contributed by atoms with Gasteiger partial charge in [0.1, 0.15) is 0 Å². The van der Waals surface area contributed by atoms with Gasteiger partial charge in [0.05, 0.1) is 18.3 Å². The van der Waals surface area contributed by atoms with Crippen LogP contribution in [0.25, 0.3) is 0 Å². The Morgan fingerprint density at radius 1 is 1.44 bits per heavy atom. The van der Waals surface area contributed by atoms with Crippen LogP contribution in [0.5, 0.6) is 0 Å². The van der Waals surface area contributed by atoms with Crippen LogP contribution >= 0.6 is 0 Å². The summed E-state index contributed by atoms with van der Waals surface area (Å²) in [5.41, 5.74) is 0. The van der Waals surface area contributed by atoms with Gasteiger partial charge in [-0.2, -0.15) is 5.26 Å². The molecule has 1 fully saturated rings. The fraction of sp³-hybridized carbons (Fsp3) is 0.667. The Morgan fingerprint density at radius 3 is 3.06 bits per heavy atom. The van der Waals surface area contributed by atoms with Gasteiger partial charge in [0, 0.05) is 31.5 Å². The van der Waals surface area contributed by atoms with Gasteiger partial charge >= 0.3 is 0 Å². The van der Waals surface area contributed by atoms with E-state index in [0.29, 0.717) is 6.04 Å². The maximum Gasteiger partial charge on any atom is 0.0946 e. The lowest BCUT2D eigenvalue weighted by Gasteiger charge is -2.27. The van der Waals surface area contributed by atoms with Gasteiger partial charge in [-0.15, -0.1) is 0 Å². The Labute approximate surface area is 96.3 Å². The van der Waals surface area contributed by atoms with Gasteiger partial charge < -0.3 is 9.88 Å². The van der Waals surface area contributed by atoms with Gasteiger partial charge in [-0.3, -0.25) is 0 Å². The zero-order chi connectivity index (χ0) is 11.2. The molecule has 1 aliphatic rings. The van der Waals surface area contributed by atoms with E-state index >= 15 is 0 Å². The van der Waals surface area contributed by atoms with E-state index in [1.165, 1.54) is 12.8 Å². The maximum atomic E-state index is 9.04.